The number of aryl methyl sites for hydroxylation is 1. The van der Waals surface area contributed by atoms with Crippen molar-refractivity contribution < 1.29 is 4.79 Å². The fourth-order valence-electron chi connectivity index (χ4n) is 2.33. The summed E-state index contributed by atoms with van der Waals surface area (Å²) < 4.78 is 0. The number of para-hydroxylation sites is 1. The first-order chi connectivity index (χ1) is 10.3. The number of hydrazone groups is 1. The molecule has 0 unspecified atom stereocenters. The number of H-pyrrole nitrogens is 2. The second-order valence-electron chi connectivity index (χ2n) is 4.72. The topological polar surface area (TPSA) is 73.0 Å². The summed E-state index contributed by atoms with van der Waals surface area (Å²) in [5.74, 6) is -0.259. The molecule has 0 bridgehead atoms. The smallest absolute Gasteiger partial charge is 0.287 e. The van der Waals surface area contributed by atoms with E-state index in [1.807, 2.05) is 18.3 Å². The molecule has 2 aromatic heterocycles. The molecule has 0 aliphatic rings. The van der Waals surface area contributed by atoms with E-state index in [1.54, 1.807) is 24.5 Å². The van der Waals surface area contributed by atoms with Crippen molar-refractivity contribution in [2.24, 2.45) is 5.10 Å². The Morgan fingerprint density at radius 2 is 2.19 bits per heavy atom. The Kier molecular flexibility index (Phi) is 3.55. The summed E-state index contributed by atoms with van der Waals surface area (Å²) in [6.07, 6.45) is 6.22. The predicted molar refractivity (Wildman–Crippen MR) is 83.5 cm³/mol. The third-order valence-corrected chi connectivity index (χ3v) is 3.43. The van der Waals surface area contributed by atoms with Gasteiger partial charge in [0.1, 0.15) is 5.69 Å². The number of carbonyl (C=O) groups excluding carboxylic acids is 1. The molecule has 5 nitrogen and oxygen atoms in total. The molecule has 3 N–H and O–H groups in total. The van der Waals surface area contributed by atoms with Gasteiger partial charge < -0.3 is 9.97 Å². The van der Waals surface area contributed by atoms with E-state index in [9.17, 15) is 4.79 Å². The fourth-order valence-corrected chi connectivity index (χ4v) is 2.33. The number of benzene rings is 1. The molecule has 3 rings (SSSR count). The molecule has 0 saturated heterocycles. The van der Waals surface area contributed by atoms with Crippen LogP contribution < -0.4 is 5.43 Å². The normalized spacial score (nSPS) is 11.3. The van der Waals surface area contributed by atoms with Gasteiger partial charge in [-0.25, -0.2) is 5.43 Å². The quantitative estimate of drug-likeness (QED) is 0.499. The van der Waals surface area contributed by atoms with Crippen LogP contribution in [0.15, 0.2) is 47.8 Å². The first-order valence-corrected chi connectivity index (χ1v) is 6.85. The van der Waals surface area contributed by atoms with Gasteiger partial charge in [0.15, 0.2) is 0 Å². The molecule has 1 amide bonds. The largest absolute Gasteiger partial charge is 0.360 e. The Morgan fingerprint density at radius 3 is 2.95 bits per heavy atom. The van der Waals surface area contributed by atoms with Gasteiger partial charge in [-0.1, -0.05) is 25.1 Å². The Balaban J connectivity index is 1.79. The van der Waals surface area contributed by atoms with Gasteiger partial charge in [-0.3, -0.25) is 4.79 Å². The van der Waals surface area contributed by atoms with Crippen molar-refractivity contribution in [3.8, 4) is 0 Å². The van der Waals surface area contributed by atoms with Crippen LogP contribution in [0.5, 0.6) is 0 Å². The zero-order valence-electron chi connectivity index (χ0n) is 11.7. The molecule has 0 aliphatic heterocycles. The standard InChI is InChI=1S/C16H16N4O/c1-2-11-5-3-6-13-12(9-18-15(11)13)10-19-20-16(21)14-7-4-8-17-14/h3-10,17-18H,2H2,1H3,(H,20,21)/b19-10+. The maximum absolute atomic E-state index is 11.7. The van der Waals surface area contributed by atoms with Crippen molar-refractivity contribution in [1.29, 1.82) is 0 Å². The Labute approximate surface area is 122 Å². The van der Waals surface area contributed by atoms with Gasteiger partial charge >= 0.3 is 0 Å². The minimum absolute atomic E-state index is 0.259. The molecule has 21 heavy (non-hydrogen) atoms. The molecular formula is C16H16N4O. The highest BCUT2D eigenvalue weighted by Crippen LogP contribution is 2.20. The minimum atomic E-state index is -0.259. The zero-order chi connectivity index (χ0) is 14.7. The lowest BCUT2D eigenvalue weighted by Crippen LogP contribution is -2.17. The maximum atomic E-state index is 11.7. The highest BCUT2D eigenvalue weighted by molar-refractivity contribution is 6.00. The number of aromatic amines is 2. The molecule has 0 atom stereocenters. The van der Waals surface area contributed by atoms with Crippen LogP contribution in [0.2, 0.25) is 0 Å². The zero-order valence-corrected chi connectivity index (χ0v) is 11.7. The van der Waals surface area contributed by atoms with E-state index in [-0.39, 0.29) is 5.91 Å². The van der Waals surface area contributed by atoms with Crippen molar-refractivity contribution in [2.75, 3.05) is 0 Å². The summed E-state index contributed by atoms with van der Waals surface area (Å²) in [6, 6.07) is 9.64. The van der Waals surface area contributed by atoms with Crippen LogP contribution in [0.3, 0.4) is 0 Å². The molecule has 106 valence electrons. The number of hydrogen-bond donors (Lipinski definition) is 3. The second kappa shape index (κ2) is 5.66. The molecule has 0 aliphatic carbocycles. The van der Waals surface area contributed by atoms with Gasteiger partial charge in [0, 0.05) is 28.9 Å². The first kappa shape index (κ1) is 13.2. The molecular weight excluding hydrogens is 264 g/mol. The van der Waals surface area contributed by atoms with Crippen molar-refractivity contribution in [3.63, 3.8) is 0 Å². The van der Waals surface area contributed by atoms with Gasteiger partial charge in [-0.05, 0) is 24.1 Å². The number of rotatable bonds is 4. The molecule has 2 heterocycles. The van der Waals surface area contributed by atoms with E-state index in [2.05, 4.69) is 33.5 Å². The summed E-state index contributed by atoms with van der Waals surface area (Å²) >= 11 is 0. The van der Waals surface area contributed by atoms with E-state index in [0.29, 0.717) is 5.69 Å². The lowest BCUT2D eigenvalue weighted by Gasteiger charge is -1.99. The average Bonchev–Trinajstić information content (AvgIpc) is 3.16. The highest BCUT2D eigenvalue weighted by atomic mass is 16.2. The van der Waals surface area contributed by atoms with E-state index < -0.39 is 0 Å². The monoisotopic (exact) mass is 280 g/mol. The van der Waals surface area contributed by atoms with E-state index >= 15 is 0 Å². The third-order valence-electron chi connectivity index (χ3n) is 3.43. The highest BCUT2D eigenvalue weighted by Gasteiger charge is 2.06. The van der Waals surface area contributed by atoms with Crippen LogP contribution in [0.4, 0.5) is 0 Å². The Hall–Kier alpha value is -2.82. The maximum Gasteiger partial charge on any atom is 0.287 e. The van der Waals surface area contributed by atoms with Crippen LogP contribution in [0, 0.1) is 0 Å². The molecule has 5 heteroatoms. The van der Waals surface area contributed by atoms with Crippen molar-refractivity contribution in [1.82, 2.24) is 15.4 Å². The van der Waals surface area contributed by atoms with Crippen LogP contribution in [-0.2, 0) is 6.42 Å². The number of aromatic nitrogens is 2. The summed E-state index contributed by atoms with van der Waals surface area (Å²) in [4.78, 5) is 17.8. The minimum Gasteiger partial charge on any atom is -0.360 e. The van der Waals surface area contributed by atoms with Gasteiger partial charge in [0.2, 0.25) is 0 Å². The summed E-state index contributed by atoms with van der Waals surface area (Å²) in [7, 11) is 0. The Morgan fingerprint density at radius 1 is 1.29 bits per heavy atom. The van der Waals surface area contributed by atoms with Crippen LogP contribution in [-0.4, -0.2) is 22.1 Å². The lowest BCUT2D eigenvalue weighted by atomic mass is 10.1. The number of nitrogens with one attached hydrogen (secondary N) is 3. The summed E-state index contributed by atoms with van der Waals surface area (Å²) in [5.41, 5.74) is 6.33. The molecule has 0 spiro atoms. The Bertz CT molecular complexity index is 784. The molecule has 0 radical (unpaired) electrons. The van der Waals surface area contributed by atoms with E-state index in [0.717, 1.165) is 22.9 Å². The second-order valence-corrected chi connectivity index (χ2v) is 4.72. The summed E-state index contributed by atoms with van der Waals surface area (Å²) in [6.45, 7) is 2.12. The van der Waals surface area contributed by atoms with E-state index in [4.69, 9.17) is 0 Å². The molecule has 1 aromatic carbocycles. The predicted octanol–water partition coefficient (Wildman–Crippen LogP) is 2.82. The fraction of sp³-hybridized carbons (Fsp3) is 0.125. The van der Waals surface area contributed by atoms with Crippen LogP contribution in [0.1, 0.15) is 28.5 Å². The van der Waals surface area contributed by atoms with Gasteiger partial charge in [-0.15, -0.1) is 0 Å². The number of hydrogen-bond acceptors (Lipinski definition) is 2. The SMILES string of the molecule is CCc1cccc2c(/C=N/NC(=O)c3ccc[nH]3)c[nH]c12. The van der Waals surface area contributed by atoms with Crippen molar-refractivity contribution in [3.05, 3.63) is 59.5 Å². The van der Waals surface area contributed by atoms with E-state index in [1.165, 1.54) is 5.56 Å². The van der Waals surface area contributed by atoms with Gasteiger partial charge in [0.05, 0.1) is 6.21 Å². The van der Waals surface area contributed by atoms with Crippen LogP contribution in [0.25, 0.3) is 10.9 Å². The lowest BCUT2D eigenvalue weighted by molar-refractivity contribution is 0.0951. The molecule has 0 fully saturated rings. The summed E-state index contributed by atoms with van der Waals surface area (Å²) in [5, 5.41) is 5.11. The van der Waals surface area contributed by atoms with Crippen molar-refractivity contribution in [2.45, 2.75) is 13.3 Å². The third kappa shape index (κ3) is 2.58. The number of fused-ring (bicyclic) bond motifs is 1. The molecule has 3 aromatic rings. The first-order valence-electron chi connectivity index (χ1n) is 6.85. The number of nitrogens with zero attached hydrogens (tertiary/aromatic N) is 1. The van der Waals surface area contributed by atoms with Gasteiger partial charge in [-0.2, -0.15) is 5.10 Å². The average molecular weight is 280 g/mol. The van der Waals surface area contributed by atoms with Gasteiger partial charge in [0.25, 0.3) is 5.91 Å². The number of amides is 1. The molecule has 0 saturated carbocycles. The van der Waals surface area contributed by atoms with Crippen LogP contribution >= 0.6 is 0 Å². The number of carbonyl (C=O) groups is 1. The van der Waals surface area contributed by atoms with Crippen molar-refractivity contribution >= 4 is 23.0 Å².